The number of nitriles is 1. The molecule has 2 fully saturated rings. The van der Waals surface area contributed by atoms with Crippen molar-refractivity contribution in [2.45, 2.75) is 38.1 Å². The standard InChI is InChI=1S/C31H30N6O3/c1-21-18-37(27(38)11-14-32)31(21)13-16-35(19-31)28-26-12-15-36(29(26)34-20-33-28)30(39)22(2)23-7-6-10-25(17-23)40-24-8-4-3-5-9-24/h3-10,12,15,17,20-22H,11,13,16,18-19H2,1-2H3/t21-,22?,31-/m0/s1. The third-order valence-corrected chi connectivity index (χ3v) is 8.43. The topological polar surface area (TPSA) is 104 Å². The van der Waals surface area contributed by atoms with E-state index in [2.05, 4.69) is 21.8 Å². The summed E-state index contributed by atoms with van der Waals surface area (Å²) in [6, 6.07) is 21.0. The fourth-order valence-corrected chi connectivity index (χ4v) is 6.10. The summed E-state index contributed by atoms with van der Waals surface area (Å²) in [6.45, 7) is 6.09. The molecule has 0 saturated carbocycles. The van der Waals surface area contributed by atoms with Crippen LogP contribution in [0.25, 0.3) is 11.0 Å². The minimum Gasteiger partial charge on any atom is -0.457 e. The lowest BCUT2D eigenvalue weighted by Crippen LogP contribution is -2.69. The highest BCUT2D eigenvalue weighted by Gasteiger charge is 2.56. The predicted octanol–water partition coefficient (Wildman–Crippen LogP) is 5.01. The first-order valence-electron chi connectivity index (χ1n) is 13.5. The van der Waals surface area contributed by atoms with Crippen LogP contribution in [-0.4, -0.2) is 56.4 Å². The van der Waals surface area contributed by atoms with Crippen molar-refractivity contribution in [3.63, 3.8) is 0 Å². The molecule has 1 spiro atoms. The van der Waals surface area contributed by atoms with Crippen molar-refractivity contribution < 1.29 is 14.3 Å². The largest absolute Gasteiger partial charge is 0.457 e. The Morgan fingerprint density at radius 3 is 2.70 bits per heavy atom. The Kier molecular flexibility index (Phi) is 6.46. The molecule has 202 valence electrons. The van der Waals surface area contributed by atoms with Gasteiger partial charge in [-0.05, 0) is 55.2 Å². The molecule has 9 heteroatoms. The molecule has 4 aromatic rings. The number of carbonyl (C=O) groups is 2. The SMILES string of the molecule is CC(C(=O)n1ccc2c(N3CC[C@]4(C3)[C@@H](C)CN4C(=O)CC#N)ncnc21)c1cccc(Oc2ccccc2)c1. The van der Waals surface area contributed by atoms with Crippen LogP contribution < -0.4 is 9.64 Å². The highest BCUT2D eigenvalue weighted by Crippen LogP contribution is 2.45. The molecule has 0 N–H and O–H groups in total. The van der Waals surface area contributed by atoms with Gasteiger partial charge in [0.2, 0.25) is 11.8 Å². The van der Waals surface area contributed by atoms with Crippen LogP contribution in [0.4, 0.5) is 5.82 Å². The van der Waals surface area contributed by atoms with Gasteiger partial charge in [0.25, 0.3) is 0 Å². The number of likely N-dealkylation sites (tertiary alicyclic amines) is 1. The maximum absolute atomic E-state index is 13.7. The zero-order valence-corrected chi connectivity index (χ0v) is 22.5. The Morgan fingerprint density at radius 1 is 1.12 bits per heavy atom. The molecule has 2 aromatic heterocycles. The molecule has 1 amide bonds. The monoisotopic (exact) mass is 534 g/mol. The normalized spacial score (nSPS) is 20.8. The molecule has 3 atom stereocenters. The first kappa shape index (κ1) is 25.6. The van der Waals surface area contributed by atoms with E-state index in [0.717, 1.165) is 35.5 Å². The summed E-state index contributed by atoms with van der Waals surface area (Å²) in [7, 11) is 0. The van der Waals surface area contributed by atoms with Gasteiger partial charge in [-0.1, -0.05) is 37.3 Å². The zero-order valence-electron chi connectivity index (χ0n) is 22.5. The summed E-state index contributed by atoms with van der Waals surface area (Å²) in [5, 5.41) is 9.82. The van der Waals surface area contributed by atoms with Crippen LogP contribution >= 0.6 is 0 Å². The Balaban J connectivity index is 1.23. The lowest BCUT2D eigenvalue weighted by Gasteiger charge is -2.55. The average Bonchev–Trinajstić information content (AvgIpc) is 3.63. The molecule has 2 saturated heterocycles. The van der Waals surface area contributed by atoms with Crippen LogP contribution in [0.15, 0.2) is 73.2 Å². The molecular weight excluding hydrogens is 504 g/mol. The molecule has 0 bridgehead atoms. The van der Waals surface area contributed by atoms with E-state index in [1.54, 1.807) is 10.8 Å². The quantitative estimate of drug-likeness (QED) is 0.343. The summed E-state index contributed by atoms with van der Waals surface area (Å²) in [5.41, 5.74) is 1.11. The lowest BCUT2D eigenvalue weighted by atomic mass is 9.74. The number of hydrogen-bond acceptors (Lipinski definition) is 7. The van der Waals surface area contributed by atoms with Crippen molar-refractivity contribution in [1.82, 2.24) is 19.4 Å². The molecule has 0 radical (unpaired) electrons. The van der Waals surface area contributed by atoms with Gasteiger partial charge in [-0.25, -0.2) is 9.97 Å². The van der Waals surface area contributed by atoms with Crippen molar-refractivity contribution in [3.05, 3.63) is 78.8 Å². The number of para-hydroxylation sites is 1. The van der Waals surface area contributed by atoms with E-state index < -0.39 is 5.92 Å². The van der Waals surface area contributed by atoms with Crippen LogP contribution in [0, 0.1) is 17.2 Å². The van der Waals surface area contributed by atoms with Gasteiger partial charge < -0.3 is 14.5 Å². The summed E-state index contributed by atoms with van der Waals surface area (Å²) >= 11 is 0. The molecule has 1 unspecified atom stereocenters. The Hall–Kier alpha value is -4.71. The van der Waals surface area contributed by atoms with Crippen LogP contribution in [0.3, 0.4) is 0 Å². The lowest BCUT2D eigenvalue weighted by molar-refractivity contribution is -0.152. The van der Waals surface area contributed by atoms with Gasteiger partial charge in [0, 0.05) is 25.8 Å². The number of benzene rings is 2. The van der Waals surface area contributed by atoms with E-state index >= 15 is 0 Å². The molecule has 2 aliphatic rings. The first-order valence-corrected chi connectivity index (χ1v) is 13.5. The number of aromatic nitrogens is 3. The van der Waals surface area contributed by atoms with Crippen molar-refractivity contribution in [3.8, 4) is 17.6 Å². The van der Waals surface area contributed by atoms with Gasteiger partial charge in [-0.3, -0.25) is 14.2 Å². The van der Waals surface area contributed by atoms with E-state index in [9.17, 15) is 9.59 Å². The maximum Gasteiger partial charge on any atom is 0.239 e. The van der Waals surface area contributed by atoms with Gasteiger partial charge >= 0.3 is 0 Å². The number of nitrogens with zero attached hydrogens (tertiary/aromatic N) is 6. The van der Waals surface area contributed by atoms with E-state index in [1.165, 1.54) is 6.33 Å². The van der Waals surface area contributed by atoms with Crippen molar-refractivity contribution >= 4 is 28.7 Å². The zero-order chi connectivity index (χ0) is 27.9. The highest BCUT2D eigenvalue weighted by atomic mass is 16.5. The van der Waals surface area contributed by atoms with Crippen LogP contribution in [0.5, 0.6) is 11.5 Å². The number of ether oxygens (including phenoxy) is 1. The summed E-state index contributed by atoms with van der Waals surface area (Å²) < 4.78 is 7.57. The number of hydrogen-bond donors (Lipinski definition) is 0. The van der Waals surface area contributed by atoms with E-state index in [0.29, 0.717) is 30.4 Å². The molecular formula is C31H30N6O3. The summed E-state index contributed by atoms with van der Waals surface area (Å²) in [5.74, 6) is 1.85. The van der Waals surface area contributed by atoms with E-state index in [4.69, 9.17) is 10.00 Å². The Morgan fingerprint density at radius 2 is 1.93 bits per heavy atom. The van der Waals surface area contributed by atoms with Gasteiger partial charge in [0.15, 0.2) is 5.65 Å². The number of fused-ring (bicyclic) bond motifs is 1. The molecule has 6 rings (SSSR count). The first-order chi connectivity index (χ1) is 19.4. The third-order valence-electron chi connectivity index (χ3n) is 8.43. The fourth-order valence-electron chi connectivity index (χ4n) is 6.10. The molecule has 2 aliphatic heterocycles. The smallest absolute Gasteiger partial charge is 0.239 e. The molecule has 9 nitrogen and oxygen atoms in total. The summed E-state index contributed by atoms with van der Waals surface area (Å²) in [6.07, 6.45) is 3.96. The number of carbonyl (C=O) groups excluding carboxylic acids is 2. The molecule has 2 aromatic carbocycles. The average molecular weight is 535 g/mol. The molecule has 40 heavy (non-hydrogen) atoms. The second-order valence-corrected chi connectivity index (χ2v) is 10.7. The minimum absolute atomic E-state index is 0.101. The Bertz CT molecular complexity index is 1630. The number of anilines is 1. The molecule has 4 heterocycles. The second kappa shape index (κ2) is 10.1. The van der Waals surface area contributed by atoms with Crippen molar-refractivity contribution in [2.24, 2.45) is 5.92 Å². The van der Waals surface area contributed by atoms with Crippen LogP contribution in [0.1, 0.15) is 43.0 Å². The number of amides is 1. The van der Waals surface area contributed by atoms with E-state index in [-0.39, 0.29) is 23.8 Å². The minimum atomic E-state index is -0.432. The second-order valence-electron chi connectivity index (χ2n) is 10.7. The van der Waals surface area contributed by atoms with Gasteiger partial charge in [-0.15, -0.1) is 0 Å². The Labute approximate surface area is 232 Å². The summed E-state index contributed by atoms with van der Waals surface area (Å²) in [4.78, 5) is 39.4. The van der Waals surface area contributed by atoms with Gasteiger partial charge in [-0.2, -0.15) is 5.26 Å². The predicted molar refractivity (Wildman–Crippen MR) is 150 cm³/mol. The number of rotatable bonds is 6. The van der Waals surface area contributed by atoms with E-state index in [1.807, 2.05) is 78.6 Å². The van der Waals surface area contributed by atoms with Gasteiger partial charge in [0.05, 0.1) is 22.9 Å². The van der Waals surface area contributed by atoms with Crippen molar-refractivity contribution in [1.29, 1.82) is 5.26 Å². The third kappa shape index (κ3) is 4.26. The van der Waals surface area contributed by atoms with Crippen molar-refractivity contribution in [2.75, 3.05) is 24.5 Å². The van der Waals surface area contributed by atoms with Gasteiger partial charge in [0.1, 0.15) is 30.1 Å². The maximum atomic E-state index is 13.7. The van der Waals surface area contributed by atoms with Crippen LogP contribution in [-0.2, 0) is 4.79 Å². The molecule has 0 aliphatic carbocycles. The fraction of sp³-hybridized carbons (Fsp3) is 0.323. The highest BCUT2D eigenvalue weighted by molar-refractivity contribution is 5.97. The van der Waals surface area contributed by atoms with Crippen LogP contribution in [0.2, 0.25) is 0 Å².